The Morgan fingerprint density at radius 2 is 1.70 bits per heavy atom. The molecule has 61 heavy (non-hydrogen) atoms. The average molecular weight is 837 g/mol. The van der Waals surface area contributed by atoms with E-state index in [4.69, 9.17) is 24.4 Å². The number of anilines is 2. The van der Waals surface area contributed by atoms with Crippen molar-refractivity contribution in [2.75, 3.05) is 32.8 Å². The molecule has 0 amide bonds. The maximum atomic E-state index is 14.2. The molecule has 2 atom stereocenters. The van der Waals surface area contributed by atoms with Crippen LogP contribution in [0.4, 0.5) is 20.3 Å². The molecule has 3 aromatic carbocycles. The number of benzene rings is 3. The number of rotatable bonds is 15. The van der Waals surface area contributed by atoms with Crippen LogP contribution in [-0.4, -0.2) is 86.5 Å². The number of aliphatic hydroxyl groups is 1. The Labute approximate surface area is 351 Å². The number of aliphatic carboxylic acids is 1. The monoisotopic (exact) mass is 836 g/mol. The third-order valence-electron chi connectivity index (χ3n) is 11.9. The molecule has 0 bridgehead atoms. The molecule has 6 aromatic rings. The number of nitrogens with zero attached hydrogens (tertiary/aromatic N) is 5. The molecule has 1 saturated heterocycles. The first-order valence-corrected chi connectivity index (χ1v) is 20.6. The number of aromatic nitrogens is 5. The van der Waals surface area contributed by atoms with E-state index in [9.17, 15) is 18.7 Å². The SMILES string of the molecule is COc1cc(-n2ncc3c(-c4cccc(Nc5nc(C(F)F)nc6cc(CNC7CCC(CC(=O)O)CC7)cnc56)c4C)cccc32)cc(OC)c1CNC1CCOCC1O. The van der Waals surface area contributed by atoms with Crippen LogP contribution in [0.15, 0.2) is 67.0 Å². The first-order valence-electron chi connectivity index (χ1n) is 20.6. The van der Waals surface area contributed by atoms with Crippen LogP contribution < -0.4 is 25.4 Å². The number of hydrogen-bond donors (Lipinski definition) is 5. The number of pyridine rings is 1. The summed E-state index contributed by atoms with van der Waals surface area (Å²) in [5.74, 6) is 0.238. The van der Waals surface area contributed by atoms with Crippen molar-refractivity contribution in [3.63, 3.8) is 0 Å². The standard InChI is InChI=1S/C45H50F2N8O6/c1-25-30(31-7-5-9-37-32(31)23-51-55(37)29-18-39(59-2)33(40(19-29)60-3)22-49-35-14-15-61-24-38(35)56)6-4-8-34(25)52-44-42-36(53-45(54-44)43(46)47)16-27(21-50-42)20-48-28-12-10-26(11-13-28)17-41(57)58/h4-9,16,18-19,21,23,26,28,35,38,43,48-49,56H,10-15,17,20,22,24H2,1-3H3,(H,57,58)(H,52,53,54). The van der Waals surface area contributed by atoms with Gasteiger partial charge in [0.05, 0.1) is 55.4 Å². The van der Waals surface area contributed by atoms with Gasteiger partial charge in [0.1, 0.15) is 17.0 Å². The molecule has 0 spiro atoms. The fraction of sp³-hybridized carbons (Fsp3) is 0.400. The van der Waals surface area contributed by atoms with Crippen molar-refractivity contribution in [1.29, 1.82) is 0 Å². The van der Waals surface area contributed by atoms with Gasteiger partial charge in [-0.25, -0.2) is 23.4 Å². The van der Waals surface area contributed by atoms with Crippen molar-refractivity contribution in [1.82, 2.24) is 35.4 Å². The van der Waals surface area contributed by atoms with Crippen LogP contribution >= 0.6 is 0 Å². The number of ether oxygens (including phenoxy) is 3. The van der Waals surface area contributed by atoms with Gasteiger partial charge in [0.2, 0.25) is 0 Å². The van der Waals surface area contributed by atoms with E-state index in [0.29, 0.717) is 60.9 Å². The molecule has 8 rings (SSSR count). The quantitative estimate of drug-likeness (QED) is 0.0692. The number of hydrogen-bond acceptors (Lipinski definition) is 12. The number of alkyl halides is 2. The first-order chi connectivity index (χ1) is 29.6. The largest absolute Gasteiger partial charge is 0.496 e. The van der Waals surface area contributed by atoms with Crippen LogP contribution in [0.5, 0.6) is 11.5 Å². The minimum Gasteiger partial charge on any atom is -0.496 e. The summed E-state index contributed by atoms with van der Waals surface area (Å²) in [6, 6.07) is 17.5. The Bertz CT molecular complexity index is 2500. The third-order valence-corrected chi connectivity index (χ3v) is 11.9. The molecule has 2 fully saturated rings. The van der Waals surface area contributed by atoms with Crippen LogP contribution in [0, 0.1) is 12.8 Å². The Balaban J connectivity index is 1.05. The number of carboxylic acids is 1. The summed E-state index contributed by atoms with van der Waals surface area (Å²) >= 11 is 0. The second kappa shape index (κ2) is 18.4. The van der Waals surface area contributed by atoms with Crippen LogP contribution in [0.2, 0.25) is 0 Å². The van der Waals surface area contributed by atoms with E-state index in [0.717, 1.165) is 70.1 Å². The predicted octanol–water partition coefficient (Wildman–Crippen LogP) is 7.40. The van der Waals surface area contributed by atoms with Crippen molar-refractivity contribution in [3.8, 4) is 28.3 Å². The maximum Gasteiger partial charge on any atom is 0.303 e. The summed E-state index contributed by atoms with van der Waals surface area (Å²) < 4.78 is 47.3. The van der Waals surface area contributed by atoms with Gasteiger partial charge in [-0.1, -0.05) is 24.3 Å². The molecular weight excluding hydrogens is 787 g/mol. The highest BCUT2D eigenvalue weighted by molar-refractivity contribution is 5.97. The fourth-order valence-corrected chi connectivity index (χ4v) is 8.58. The molecule has 14 nitrogen and oxygen atoms in total. The van der Waals surface area contributed by atoms with E-state index in [-0.39, 0.29) is 30.2 Å². The summed E-state index contributed by atoms with van der Waals surface area (Å²) in [4.78, 5) is 24.2. The van der Waals surface area contributed by atoms with E-state index < -0.39 is 24.3 Å². The fourth-order valence-electron chi connectivity index (χ4n) is 8.58. The van der Waals surface area contributed by atoms with Gasteiger partial charge in [0.15, 0.2) is 11.6 Å². The Morgan fingerprint density at radius 3 is 2.43 bits per heavy atom. The smallest absolute Gasteiger partial charge is 0.303 e. The number of methoxy groups -OCH3 is 2. The lowest BCUT2D eigenvalue weighted by Gasteiger charge is -2.29. The van der Waals surface area contributed by atoms with E-state index >= 15 is 0 Å². The lowest BCUT2D eigenvalue weighted by Crippen LogP contribution is -2.46. The molecule has 320 valence electrons. The minimum absolute atomic E-state index is 0.113. The Kier molecular flexibility index (Phi) is 12.7. The molecule has 0 radical (unpaired) electrons. The van der Waals surface area contributed by atoms with Gasteiger partial charge in [0.25, 0.3) is 6.43 Å². The van der Waals surface area contributed by atoms with Gasteiger partial charge in [0, 0.05) is 67.6 Å². The zero-order valence-electron chi connectivity index (χ0n) is 34.3. The van der Waals surface area contributed by atoms with Crippen molar-refractivity contribution in [3.05, 3.63) is 89.5 Å². The highest BCUT2D eigenvalue weighted by Crippen LogP contribution is 2.38. The summed E-state index contributed by atoms with van der Waals surface area (Å²) in [7, 11) is 3.22. The van der Waals surface area contributed by atoms with Crippen LogP contribution in [-0.2, 0) is 22.6 Å². The predicted molar refractivity (Wildman–Crippen MR) is 227 cm³/mol. The third kappa shape index (κ3) is 9.12. The molecule has 2 unspecified atom stereocenters. The molecule has 5 N–H and O–H groups in total. The highest BCUT2D eigenvalue weighted by atomic mass is 19.3. The topological polar surface area (TPSA) is 178 Å². The number of carboxylic acid groups (broad SMARTS) is 1. The van der Waals surface area contributed by atoms with Gasteiger partial charge in [-0.3, -0.25) is 9.78 Å². The van der Waals surface area contributed by atoms with Crippen LogP contribution in [0.1, 0.15) is 67.5 Å². The lowest BCUT2D eigenvalue weighted by atomic mass is 9.84. The number of aliphatic hydroxyl groups excluding tert-OH is 1. The summed E-state index contributed by atoms with van der Waals surface area (Å²) in [6.07, 6.45) is 4.37. The lowest BCUT2D eigenvalue weighted by molar-refractivity contribution is -0.138. The van der Waals surface area contributed by atoms with Crippen molar-refractivity contribution >= 4 is 39.4 Å². The zero-order chi connectivity index (χ0) is 42.6. The van der Waals surface area contributed by atoms with Gasteiger partial charge in [-0.15, -0.1) is 0 Å². The molecule has 1 aliphatic heterocycles. The van der Waals surface area contributed by atoms with E-state index in [1.807, 2.05) is 66.3 Å². The zero-order valence-corrected chi connectivity index (χ0v) is 34.3. The molecule has 16 heteroatoms. The average Bonchev–Trinajstić information content (AvgIpc) is 3.71. The maximum absolute atomic E-state index is 14.2. The summed E-state index contributed by atoms with van der Waals surface area (Å²) in [5, 5.41) is 35.5. The molecule has 2 aliphatic rings. The minimum atomic E-state index is -2.90. The number of fused-ring (bicyclic) bond motifs is 2. The summed E-state index contributed by atoms with van der Waals surface area (Å²) in [6.45, 7) is 3.74. The van der Waals surface area contributed by atoms with E-state index in [1.165, 1.54) is 0 Å². The van der Waals surface area contributed by atoms with Crippen LogP contribution in [0.25, 0.3) is 38.8 Å². The van der Waals surface area contributed by atoms with E-state index in [1.54, 1.807) is 26.5 Å². The van der Waals surface area contributed by atoms with Gasteiger partial charge >= 0.3 is 5.97 Å². The second-order valence-corrected chi connectivity index (χ2v) is 15.8. The number of halogens is 2. The summed E-state index contributed by atoms with van der Waals surface area (Å²) in [5.41, 5.74) is 7.23. The Hall–Kier alpha value is -5.81. The second-order valence-electron chi connectivity index (χ2n) is 15.8. The number of nitrogens with one attached hydrogen (secondary N) is 3. The highest BCUT2D eigenvalue weighted by Gasteiger charge is 2.26. The Morgan fingerprint density at radius 1 is 0.951 bits per heavy atom. The van der Waals surface area contributed by atoms with E-state index in [2.05, 4.69) is 30.9 Å². The van der Waals surface area contributed by atoms with Crippen molar-refractivity contribution < 1.29 is 38.0 Å². The molecule has 4 heterocycles. The molecule has 1 aliphatic carbocycles. The van der Waals surface area contributed by atoms with Gasteiger partial charge in [-0.05, 0) is 85.4 Å². The van der Waals surface area contributed by atoms with Crippen molar-refractivity contribution in [2.24, 2.45) is 5.92 Å². The van der Waals surface area contributed by atoms with Gasteiger partial charge < -0.3 is 40.4 Å². The van der Waals surface area contributed by atoms with Crippen LogP contribution in [0.3, 0.4) is 0 Å². The number of carbonyl (C=O) groups is 1. The first kappa shape index (κ1) is 41.9. The molecular formula is C45H50F2N8O6. The normalized spacial score (nSPS) is 19.4. The molecule has 3 aromatic heterocycles. The molecule has 1 saturated carbocycles. The van der Waals surface area contributed by atoms with Crippen molar-refractivity contribution in [2.45, 2.75) is 83.2 Å². The van der Waals surface area contributed by atoms with Gasteiger partial charge in [-0.2, -0.15) is 5.10 Å².